The van der Waals surface area contributed by atoms with E-state index in [0.29, 0.717) is 6.61 Å². The maximum Gasteiger partial charge on any atom is 0.128 e. The molecule has 0 aliphatic rings. The zero-order chi connectivity index (χ0) is 16.9. The zero-order valence-corrected chi connectivity index (χ0v) is 14.7. The summed E-state index contributed by atoms with van der Waals surface area (Å²) in [6.45, 7) is 2.62. The van der Waals surface area contributed by atoms with Gasteiger partial charge in [0.25, 0.3) is 0 Å². The minimum atomic E-state index is 0.646. The third kappa shape index (κ3) is 3.36. The van der Waals surface area contributed by atoms with Crippen LogP contribution in [0.4, 0.5) is 0 Å². The lowest BCUT2D eigenvalue weighted by atomic mass is 10.1. The van der Waals surface area contributed by atoms with Crippen LogP contribution in [0, 0.1) is 0 Å². The van der Waals surface area contributed by atoms with E-state index in [1.165, 1.54) is 0 Å². The molecule has 5 heteroatoms. The number of hydrogen-bond acceptors (Lipinski definition) is 5. The van der Waals surface area contributed by atoms with Crippen molar-refractivity contribution in [1.29, 1.82) is 0 Å². The van der Waals surface area contributed by atoms with Gasteiger partial charge in [-0.05, 0) is 37.3 Å². The van der Waals surface area contributed by atoms with Crippen LogP contribution in [0.2, 0.25) is 0 Å². The summed E-state index contributed by atoms with van der Waals surface area (Å²) in [6, 6.07) is 13.7. The lowest BCUT2D eigenvalue weighted by Gasteiger charge is -2.08. The van der Waals surface area contributed by atoms with Gasteiger partial charge in [0.1, 0.15) is 22.3 Å². The third-order valence-electron chi connectivity index (χ3n) is 3.58. The first kappa shape index (κ1) is 16.3. The molecule has 0 radical (unpaired) electrons. The first-order valence-electron chi connectivity index (χ1n) is 7.66. The van der Waals surface area contributed by atoms with Gasteiger partial charge in [-0.25, -0.2) is 4.98 Å². The Bertz CT molecular complexity index is 829. The van der Waals surface area contributed by atoms with E-state index in [0.717, 1.165) is 39.1 Å². The highest BCUT2D eigenvalue weighted by Crippen LogP contribution is 2.36. The van der Waals surface area contributed by atoms with Crippen molar-refractivity contribution >= 4 is 11.3 Å². The minimum absolute atomic E-state index is 0.646. The smallest absolute Gasteiger partial charge is 0.128 e. The molecule has 2 aromatic carbocycles. The molecule has 0 aliphatic carbocycles. The molecular weight excluding hydrogens is 322 g/mol. The van der Waals surface area contributed by atoms with Gasteiger partial charge < -0.3 is 14.2 Å². The molecule has 0 spiro atoms. The molecule has 24 heavy (non-hydrogen) atoms. The van der Waals surface area contributed by atoms with Crippen LogP contribution in [-0.4, -0.2) is 25.8 Å². The molecule has 0 saturated heterocycles. The standard InChI is InChI=1S/C19H19NO3S/c1-4-23-15-7-5-6-13(10-15)19-20-17(12-24-19)16-11-14(21-2)8-9-18(16)22-3/h5-12H,4H2,1-3H3. The number of nitrogens with zero attached hydrogens (tertiary/aromatic N) is 1. The summed E-state index contributed by atoms with van der Waals surface area (Å²) in [5, 5.41) is 2.97. The summed E-state index contributed by atoms with van der Waals surface area (Å²) < 4.78 is 16.3. The second-order valence-corrected chi connectivity index (χ2v) is 5.92. The normalized spacial score (nSPS) is 10.5. The summed E-state index contributed by atoms with van der Waals surface area (Å²) in [5.41, 5.74) is 2.83. The van der Waals surface area contributed by atoms with Crippen molar-refractivity contribution in [3.05, 3.63) is 47.8 Å². The predicted molar refractivity (Wildman–Crippen MR) is 97.3 cm³/mol. The highest BCUT2D eigenvalue weighted by atomic mass is 32.1. The van der Waals surface area contributed by atoms with Gasteiger partial charge in [0.15, 0.2) is 0 Å². The minimum Gasteiger partial charge on any atom is -0.497 e. The number of hydrogen-bond donors (Lipinski definition) is 0. The molecular formula is C19H19NO3S. The molecule has 3 aromatic rings. The predicted octanol–water partition coefficient (Wildman–Crippen LogP) is 4.89. The van der Waals surface area contributed by atoms with Crippen molar-refractivity contribution in [1.82, 2.24) is 4.98 Å². The van der Waals surface area contributed by atoms with Gasteiger partial charge in [-0.15, -0.1) is 11.3 Å². The Balaban J connectivity index is 1.98. The number of benzene rings is 2. The largest absolute Gasteiger partial charge is 0.497 e. The molecule has 1 aromatic heterocycles. The Morgan fingerprint density at radius 1 is 1.00 bits per heavy atom. The van der Waals surface area contributed by atoms with E-state index < -0.39 is 0 Å². The van der Waals surface area contributed by atoms with Crippen LogP contribution in [0.5, 0.6) is 17.2 Å². The summed E-state index contributed by atoms with van der Waals surface area (Å²) in [4.78, 5) is 4.76. The van der Waals surface area contributed by atoms with Gasteiger partial charge in [0.05, 0.1) is 26.5 Å². The molecule has 0 atom stereocenters. The number of methoxy groups -OCH3 is 2. The average Bonchev–Trinajstić information content (AvgIpc) is 3.11. The van der Waals surface area contributed by atoms with Crippen LogP contribution in [-0.2, 0) is 0 Å². The van der Waals surface area contributed by atoms with Crippen molar-refractivity contribution in [2.45, 2.75) is 6.92 Å². The molecule has 124 valence electrons. The summed E-state index contributed by atoms with van der Waals surface area (Å²) >= 11 is 1.59. The molecule has 0 bridgehead atoms. The summed E-state index contributed by atoms with van der Waals surface area (Å²) in [6.07, 6.45) is 0. The average molecular weight is 341 g/mol. The van der Waals surface area contributed by atoms with Crippen molar-refractivity contribution in [2.24, 2.45) is 0 Å². The SMILES string of the molecule is CCOc1cccc(-c2nc(-c3cc(OC)ccc3OC)cs2)c1. The van der Waals surface area contributed by atoms with E-state index in [9.17, 15) is 0 Å². The molecule has 0 fully saturated rings. The molecule has 0 amide bonds. The molecule has 4 nitrogen and oxygen atoms in total. The molecule has 1 heterocycles. The van der Waals surface area contributed by atoms with Crippen molar-refractivity contribution < 1.29 is 14.2 Å². The lowest BCUT2D eigenvalue weighted by Crippen LogP contribution is -1.91. The molecule has 0 saturated carbocycles. The highest BCUT2D eigenvalue weighted by Gasteiger charge is 2.13. The van der Waals surface area contributed by atoms with Gasteiger partial charge in [0, 0.05) is 16.5 Å². The maximum absolute atomic E-state index is 5.57. The van der Waals surface area contributed by atoms with E-state index >= 15 is 0 Å². The van der Waals surface area contributed by atoms with Gasteiger partial charge in [-0.2, -0.15) is 0 Å². The van der Waals surface area contributed by atoms with Crippen LogP contribution in [0.15, 0.2) is 47.8 Å². The van der Waals surface area contributed by atoms with Gasteiger partial charge in [0.2, 0.25) is 0 Å². The van der Waals surface area contributed by atoms with Crippen LogP contribution in [0.25, 0.3) is 21.8 Å². The van der Waals surface area contributed by atoms with Crippen molar-refractivity contribution in [3.8, 4) is 39.1 Å². The Hall–Kier alpha value is -2.53. The number of rotatable bonds is 6. The second-order valence-electron chi connectivity index (χ2n) is 5.06. The van der Waals surface area contributed by atoms with Crippen LogP contribution < -0.4 is 14.2 Å². The quantitative estimate of drug-likeness (QED) is 0.640. The Morgan fingerprint density at radius 2 is 1.88 bits per heavy atom. The van der Waals surface area contributed by atoms with Gasteiger partial charge in [-0.1, -0.05) is 12.1 Å². The van der Waals surface area contributed by atoms with E-state index in [1.54, 1.807) is 25.6 Å². The van der Waals surface area contributed by atoms with Crippen LogP contribution >= 0.6 is 11.3 Å². The van der Waals surface area contributed by atoms with E-state index in [4.69, 9.17) is 19.2 Å². The summed E-state index contributed by atoms with van der Waals surface area (Å²) in [5.74, 6) is 2.40. The van der Waals surface area contributed by atoms with Gasteiger partial charge >= 0.3 is 0 Å². The van der Waals surface area contributed by atoms with E-state index in [-0.39, 0.29) is 0 Å². The topological polar surface area (TPSA) is 40.6 Å². The zero-order valence-electron chi connectivity index (χ0n) is 13.9. The second kappa shape index (κ2) is 7.36. The molecule has 0 N–H and O–H groups in total. The van der Waals surface area contributed by atoms with Crippen molar-refractivity contribution in [2.75, 3.05) is 20.8 Å². The van der Waals surface area contributed by atoms with Crippen LogP contribution in [0.3, 0.4) is 0 Å². The number of aromatic nitrogens is 1. The van der Waals surface area contributed by atoms with Crippen molar-refractivity contribution in [3.63, 3.8) is 0 Å². The lowest BCUT2D eigenvalue weighted by molar-refractivity contribution is 0.340. The van der Waals surface area contributed by atoms with E-state index in [2.05, 4.69) is 0 Å². The number of thiazole rings is 1. The fourth-order valence-corrected chi connectivity index (χ4v) is 3.25. The Kier molecular flexibility index (Phi) is 5.01. The molecule has 0 unspecified atom stereocenters. The first-order valence-corrected chi connectivity index (χ1v) is 8.54. The fraction of sp³-hybridized carbons (Fsp3) is 0.211. The Labute approximate surface area is 145 Å². The molecule has 0 aliphatic heterocycles. The molecule has 3 rings (SSSR count). The van der Waals surface area contributed by atoms with E-state index in [1.807, 2.05) is 54.8 Å². The van der Waals surface area contributed by atoms with Gasteiger partial charge in [-0.3, -0.25) is 0 Å². The number of ether oxygens (including phenoxy) is 3. The summed E-state index contributed by atoms with van der Waals surface area (Å²) in [7, 11) is 3.31. The Morgan fingerprint density at radius 3 is 2.62 bits per heavy atom. The first-order chi connectivity index (χ1) is 11.7. The maximum atomic E-state index is 5.57. The monoisotopic (exact) mass is 341 g/mol. The van der Waals surface area contributed by atoms with Crippen LogP contribution in [0.1, 0.15) is 6.92 Å². The third-order valence-corrected chi connectivity index (χ3v) is 4.47. The highest BCUT2D eigenvalue weighted by molar-refractivity contribution is 7.13. The fourth-order valence-electron chi connectivity index (χ4n) is 2.43.